The predicted octanol–water partition coefficient (Wildman–Crippen LogP) is 0.315. The molecule has 0 spiro atoms. The Balaban J connectivity index is 3.27. The van der Waals surface area contributed by atoms with Crippen molar-refractivity contribution >= 4 is 5.78 Å². The van der Waals surface area contributed by atoms with E-state index in [0.29, 0.717) is 6.61 Å². The van der Waals surface area contributed by atoms with Gasteiger partial charge >= 0.3 is 0 Å². The van der Waals surface area contributed by atoms with Gasteiger partial charge in [0.25, 0.3) is 5.56 Å². The molecule has 72 valence electrons. The van der Waals surface area contributed by atoms with Gasteiger partial charge in [-0.3, -0.25) is 19.4 Å². The van der Waals surface area contributed by atoms with Gasteiger partial charge in [0.2, 0.25) is 5.88 Å². The zero-order valence-corrected chi connectivity index (χ0v) is 7.88. The average Bonchev–Trinajstić information content (AvgIpc) is 2.28. The Hall–Kier alpha value is -1.52. The minimum absolute atomic E-state index is 0.0874. The maximum Gasteiger partial charge on any atom is 0.281 e. The zero-order valence-electron chi connectivity index (χ0n) is 7.88. The van der Waals surface area contributed by atoms with Crippen LogP contribution in [0.4, 0.5) is 0 Å². The molecule has 1 aromatic rings. The van der Waals surface area contributed by atoms with Gasteiger partial charge in [-0.1, -0.05) is 0 Å². The molecule has 0 aliphatic carbocycles. The van der Waals surface area contributed by atoms with E-state index in [2.05, 4.69) is 5.10 Å². The molecule has 0 saturated heterocycles. The number of nitrogens with zero attached hydrogens (tertiary/aromatic N) is 1. The highest BCUT2D eigenvalue weighted by Gasteiger charge is 2.17. The maximum atomic E-state index is 11.3. The Morgan fingerprint density at radius 1 is 1.62 bits per heavy atom. The predicted molar refractivity (Wildman–Crippen MR) is 47.2 cm³/mol. The fourth-order valence-electron chi connectivity index (χ4n) is 1.08. The first-order chi connectivity index (χ1) is 6.07. The summed E-state index contributed by atoms with van der Waals surface area (Å²) in [5, 5.41) is 2.66. The summed E-state index contributed by atoms with van der Waals surface area (Å²) >= 11 is 0. The van der Waals surface area contributed by atoms with Crippen LogP contribution in [0.5, 0.6) is 5.88 Å². The Kier molecular flexibility index (Phi) is 2.55. The molecule has 5 heteroatoms. The van der Waals surface area contributed by atoms with Crippen molar-refractivity contribution in [2.45, 2.75) is 13.8 Å². The highest BCUT2D eigenvalue weighted by molar-refractivity contribution is 5.95. The van der Waals surface area contributed by atoms with Crippen LogP contribution in [0.25, 0.3) is 0 Å². The third kappa shape index (κ3) is 1.63. The van der Waals surface area contributed by atoms with E-state index in [-0.39, 0.29) is 22.8 Å². The van der Waals surface area contributed by atoms with Crippen LogP contribution in [0.15, 0.2) is 4.79 Å². The SMILES string of the molecule is CCOc1[nH]n(C)c(=O)c1C(C)=O. The van der Waals surface area contributed by atoms with Crippen LogP contribution >= 0.6 is 0 Å². The second kappa shape index (κ2) is 3.47. The van der Waals surface area contributed by atoms with Crippen LogP contribution in [-0.4, -0.2) is 22.2 Å². The van der Waals surface area contributed by atoms with Gasteiger partial charge in [0.05, 0.1) is 6.61 Å². The van der Waals surface area contributed by atoms with E-state index in [1.54, 1.807) is 6.92 Å². The maximum absolute atomic E-state index is 11.3. The first-order valence-electron chi connectivity index (χ1n) is 4.00. The number of aromatic nitrogens is 2. The molecule has 1 rings (SSSR count). The summed E-state index contributed by atoms with van der Waals surface area (Å²) in [6.07, 6.45) is 0. The normalized spacial score (nSPS) is 10.1. The molecule has 0 bridgehead atoms. The zero-order chi connectivity index (χ0) is 10.0. The van der Waals surface area contributed by atoms with Gasteiger partial charge in [0.15, 0.2) is 5.78 Å². The van der Waals surface area contributed by atoms with Crippen molar-refractivity contribution in [1.82, 2.24) is 9.78 Å². The van der Waals surface area contributed by atoms with Crippen LogP contribution in [0.3, 0.4) is 0 Å². The van der Waals surface area contributed by atoms with Crippen molar-refractivity contribution < 1.29 is 9.53 Å². The van der Waals surface area contributed by atoms with E-state index in [1.165, 1.54) is 18.7 Å². The largest absolute Gasteiger partial charge is 0.478 e. The number of ketones is 1. The number of carbonyl (C=O) groups excluding carboxylic acids is 1. The molecule has 0 aliphatic heterocycles. The molecule has 5 nitrogen and oxygen atoms in total. The summed E-state index contributed by atoms with van der Waals surface area (Å²) in [6, 6.07) is 0. The van der Waals surface area contributed by atoms with Crippen LogP contribution < -0.4 is 10.3 Å². The first kappa shape index (κ1) is 9.57. The topological polar surface area (TPSA) is 64.1 Å². The van der Waals surface area contributed by atoms with Gasteiger partial charge in [0.1, 0.15) is 5.56 Å². The number of ether oxygens (including phenoxy) is 1. The standard InChI is InChI=1S/C8H12N2O3/c1-4-13-7-6(5(2)11)8(12)10(3)9-7/h9H,4H2,1-3H3. The molecule has 0 fully saturated rings. The number of H-pyrrole nitrogens is 1. The Labute approximate surface area is 75.3 Å². The Morgan fingerprint density at radius 3 is 2.69 bits per heavy atom. The second-order valence-electron chi connectivity index (χ2n) is 2.67. The lowest BCUT2D eigenvalue weighted by atomic mass is 10.2. The number of hydrogen-bond acceptors (Lipinski definition) is 3. The van der Waals surface area contributed by atoms with E-state index in [4.69, 9.17) is 4.74 Å². The lowest BCUT2D eigenvalue weighted by molar-refractivity contribution is 0.101. The van der Waals surface area contributed by atoms with Gasteiger partial charge in [-0.15, -0.1) is 0 Å². The number of nitrogens with one attached hydrogen (secondary N) is 1. The van der Waals surface area contributed by atoms with Crippen molar-refractivity contribution in [2.75, 3.05) is 6.61 Å². The van der Waals surface area contributed by atoms with Crippen LogP contribution in [-0.2, 0) is 7.05 Å². The quantitative estimate of drug-likeness (QED) is 0.688. The lowest BCUT2D eigenvalue weighted by Crippen LogP contribution is -2.17. The third-order valence-electron chi connectivity index (χ3n) is 1.66. The molecular weight excluding hydrogens is 172 g/mol. The van der Waals surface area contributed by atoms with Crippen molar-refractivity contribution in [3.63, 3.8) is 0 Å². The third-order valence-corrected chi connectivity index (χ3v) is 1.66. The van der Waals surface area contributed by atoms with Gasteiger partial charge < -0.3 is 4.74 Å². The van der Waals surface area contributed by atoms with Gasteiger partial charge in [-0.05, 0) is 13.8 Å². The minimum Gasteiger partial charge on any atom is -0.478 e. The number of aromatic amines is 1. The van der Waals surface area contributed by atoms with Crippen molar-refractivity contribution in [3.8, 4) is 5.88 Å². The molecule has 0 saturated carbocycles. The summed E-state index contributed by atoms with van der Waals surface area (Å²) in [4.78, 5) is 22.4. The number of rotatable bonds is 3. The second-order valence-corrected chi connectivity index (χ2v) is 2.67. The highest BCUT2D eigenvalue weighted by atomic mass is 16.5. The highest BCUT2D eigenvalue weighted by Crippen LogP contribution is 2.10. The average molecular weight is 184 g/mol. The monoisotopic (exact) mass is 184 g/mol. The molecule has 0 aromatic carbocycles. The molecule has 0 amide bonds. The summed E-state index contributed by atoms with van der Waals surface area (Å²) in [7, 11) is 1.54. The number of hydrogen-bond donors (Lipinski definition) is 1. The number of Topliss-reactive ketones (excluding diaryl/α,β-unsaturated/α-hetero) is 1. The summed E-state index contributed by atoms with van der Waals surface area (Å²) in [5.41, 5.74) is -0.264. The molecule has 0 radical (unpaired) electrons. The summed E-state index contributed by atoms with van der Waals surface area (Å²) in [5.74, 6) is -0.0344. The van der Waals surface area contributed by atoms with E-state index in [1.807, 2.05) is 0 Å². The molecule has 0 aliphatic rings. The van der Waals surface area contributed by atoms with Crippen molar-refractivity contribution in [2.24, 2.45) is 7.05 Å². The lowest BCUT2D eigenvalue weighted by Gasteiger charge is -1.99. The van der Waals surface area contributed by atoms with E-state index in [0.717, 1.165) is 0 Å². The summed E-state index contributed by atoms with van der Waals surface area (Å²) < 4.78 is 6.33. The number of aryl methyl sites for hydroxylation is 1. The molecule has 13 heavy (non-hydrogen) atoms. The molecule has 0 atom stereocenters. The Bertz CT molecular complexity index is 375. The van der Waals surface area contributed by atoms with Gasteiger partial charge in [-0.2, -0.15) is 0 Å². The van der Waals surface area contributed by atoms with E-state index >= 15 is 0 Å². The van der Waals surface area contributed by atoms with Crippen LogP contribution in [0.2, 0.25) is 0 Å². The van der Waals surface area contributed by atoms with E-state index < -0.39 is 0 Å². The summed E-state index contributed by atoms with van der Waals surface area (Å²) in [6.45, 7) is 3.54. The van der Waals surface area contributed by atoms with E-state index in [9.17, 15) is 9.59 Å². The van der Waals surface area contributed by atoms with Gasteiger partial charge in [0, 0.05) is 7.05 Å². The van der Waals surface area contributed by atoms with Crippen LogP contribution in [0, 0.1) is 0 Å². The molecule has 1 N–H and O–H groups in total. The molecule has 1 heterocycles. The van der Waals surface area contributed by atoms with Crippen LogP contribution in [0.1, 0.15) is 24.2 Å². The molecule has 1 aromatic heterocycles. The fraction of sp³-hybridized carbons (Fsp3) is 0.500. The fourth-order valence-corrected chi connectivity index (χ4v) is 1.08. The minimum atomic E-state index is -0.351. The Morgan fingerprint density at radius 2 is 2.23 bits per heavy atom. The van der Waals surface area contributed by atoms with Crippen molar-refractivity contribution in [1.29, 1.82) is 0 Å². The van der Waals surface area contributed by atoms with Crippen molar-refractivity contribution in [3.05, 3.63) is 15.9 Å². The van der Waals surface area contributed by atoms with Gasteiger partial charge in [-0.25, -0.2) is 0 Å². The first-order valence-corrected chi connectivity index (χ1v) is 4.00. The molecule has 0 unspecified atom stereocenters. The smallest absolute Gasteiger partial charge is 0.281 e. The molecular formula is C8H12N2O3. The number of carbonyl (C=O) groups is 1.